The molecule has 0 aliphatic heterocycles. The molecule has 2 saturated carbocycles. The van der Waals surface area contributed by atoms with Gasteiger partial charge < -0.3 is 12.4 Å². The van der Waals surface area contributed by atoms with Gasteiger partial charge in [0, 0.05) is 4.83 Å². The molecule has 2 rings (SSSR count). The van der Waals surface area contributed by atoms with Gasteiger partial charge in [0.15, 0.2) is 0 Å². The first-order valence-electron chi connectivity index (χ1n) is 8.38. The molecule has 6 heteroatoms. The van der Waals surface area contributed by atoms with Gasteiger partial charge in [-0.15, -0.1) is 5.54 Å². The normalized spacial score (nSPS) is 33.7. The van der Waals surface area contributed by atoms with Gasteiger partial charge in [-0.05, 0) is 30.6 Å². The van der Waals surface area contributed by atoms with E-state index in [1.165, 1.54) is 25.7 Å². The molecule has 23 heavy (non-hydrogen) atoms. The Morgan fingerprint density at radius 1 is 1.13 bits per heavy atom. The fourth-order valence-corrected chi connectivity index (χ4v) is 11.0. The maximum absolute atomic E-state index is 5.31. The number of hydrogen-bond donors (Lipinski definition) is 0. The summed E-state index contributed by atoms with van der Waals surface area (Å²) in [4.78, 5) is 6.09. The first-order valence-corrected chi connectivity index (χ1v) is 18.6. The van der Waals surface area contributed by atoms with Crippen molar-refractivity contribution in [3.05, 3.63) is 12.4 Å². The number of hydrogen-bond acceptors (Lipinski definition) is 0. The van der Waals surface area contributed by atoms with Gasteiger partial charge in [0.1, 0.15) is 0 Å². The van der Waals surface area contributed by atoms with Gasteiger partial charge in [-0.25, -0.2) is 0 Å². The molecule has 2 aliphatic carbocycles. The second-order valence-electron chi connectivity index (χ2n) is 8.52. The Balaban J connectivity index is 0.00000112. The average molecular weight is 523 g/mol. The van der Waals surface area contributed by atoms with Gasteiger partial charge in [-0.1, -0.05) is 83.3 Å². The van der Waals surface area contributed by atoms with E-state index in [4.69, 9.17) is 22.0 Å². The summed E-state index contributed by atoms with van der Waals surface area (Å²) in [6, 6.07) is 0. The molecule has 0 spiro atoms. The third-order valence-corrected chi connectivity index (χ3v) is 10.2. The Morgan fingerprint density at radius 3 is 2.13 bits per heavy atom. The summed E-state index contributed by atoms with van der Waals surface area (Å²) in [5.74, 6) is 2.75. The minimum atomic E-state index is -1.50. The van der Waals surface area contributed by atoms with Crippen molar-refractivity contribution >= 4 is 41.2 Å². The Hall–Kier alpha value is 2.12. The van der Waals surface area contributed by atoms with Crippen LogP contribution in [0.1, 0.15) is 53.4 Å². The van der Waals surface area contributed by atoms with Gasteiger partial charge >= 0.3 is 37.9 Å². The third kappa shape index (κ3) is 7.33. The van der Waals surface area contributed by atoms with Crippen LogP contribution >= 0.6 is 33.0 Å². The third-order valence-electron chi connectivity index (χ3n) is 5.19. The molecule has 0 aromatic carbocycles. The summed E-state index contributed by atoms with van der Waals surface area (Å²) in [5.41, 5.74) is 1.03. The summed E-state index contributed by atoms with van der Waals surface area (Å²) in [6.07, 6.45) is 5.69. The molecule has 5 unspecified atom stereocenters. The van der Waals surface area contributed by atoms with Crippen molar-refractivity contribution in [2.24, 2.45) is 17.8 Å². The molecule has 2 aliphatic rings. The number of fused-ring (bicyclic) bond motifs is 1. The molecule has 1 nitrogen and oxygen atoms in total. The van der Waals surface area contributed by atoms with Gasteiger partial charge in [0.05, 0.1) is 0 Å². The molecule has 0 aromatic rings. The molecular formula is C17H34BrCl2NSiZr. The molecule has 0 bridgehead atoms. The molecule has 5 atom stereocenters. The van der Waals surface area contributed by atoms with E-state index in [-0.39, 0.29) is 13.0 Å². The van der Waals surface area contributed by atoms with E-state index in [1.54, 1.807) is 0 Å². The summed E-state index contributed by atoms with van der Waals surface area (Å²) in [7, 11) is 8.37. The van der Waals surface area contributed by atoms with Crippen molar-refractivity contribution in [3.8, 4) is 0 Å². The Bertz CT molecular complexity index is 352. The van der Waals surface area contributed by atoms with E-state index in [2.05, 4.69) is 56.7 Å². The second kappa shape index (κ2) is 10.5. The van der Waals surface area contributed by atoms with E-state index < -0.39 is 29.1 Å². The summed E-state index contributed by atoms with van der Waals surface area (Å²) < 4.78 is 0. The zero-order chi connectivity index (χ0) is 17.1. The van der Waals surface area contributed by atoms with E-state index in [9.17, 15) is 0 Å². The fraction of sp³-hybridized carbons (Fsp3) is 0.941. The van der Waals surface area contributed by atoms with Crippen molar-refractivity contribution in [3.63, 3.8) is 0 Å². The Morgan fingerprint density at radius 2 is 1.65 bits per heavy atom. The van der Waals surface area contributed by atoms with Crippen molar-refractivity contribution in [2.75, 3.05) is 0 Å². The van der Waals surface area contributed by atoms with Gasteiger partial charge in [0.2, 0.25) is 0 Å². The number of rotatable bonds is 2. The van der Waals surface area contributed by atoms with Gasteiger partial charge in [-0.3, -0.25) is 0 Å². The molecule has 0 radical (unpaired) electrons. The van der Waals surface area contributed by atoms with Crippen LogP contribution in [0.25, 0.3) is 4.98 Å². The number of nitrogens with zero attached hydrogens (tertiary/aromatic N) is 1. The van der Waals surface area contributed by atoms with Crippen LogP contribution in [0.4, 0.5) is 0 Å². The fourth-order valence-electron chi connectivity index (χ4n) is 5.17. The molecule has 2 fully saturated rings. The van der Waals surface area contributed by atoms with Crippen LogP contribution in [-0.4, -0.2) is 18.6 Å². The van der Waals surface area contributed by atoms with Crippen LogP contribution in [-0.2, 0) is 20.8 Å². The average Bonchev–Trinajstić information content (AvgIpc) is 2.65. The predicted octanol–water partition coefficient (Wildman–Crippen LogP) is 7.78. The van der Waals surface area contributed by atoms with E-state index in [0.29, 0.717) is 0 Å². The molecule has 0 amide bonds. The van der Waals surface area contributed by atoms with E-state index in [1.807, 2.05) is 0 Å². The number of alkyl halides is 1. The second-order valence-corrected chi connectivity index (χ2v) is 17.6. The van der Waals surface area contributed by atoms with Crippen LogP contribution in [0.2, 0.25) is 18.6 Å². The maximum atomic E-state index is 5.31. The summed E-state index contributed by atoms with van der Waals surface area (Å²) in [6.45, 7) is 14.3. The zero-order valence-corrected chi connectivity index (χ0v) is 22.4. The molecule has 136 valence electrons. The van der Waals surface area contributed by atoms with Crippen LogP contribution in [0.3, 0.4) is 0 Å². The molecular weight excluding hydrogens is 488 g/mol. The minimum absolute atomic E-state index is 0. The van der Waals surface area contributed by atoms with Gasteiger partial charge in [-0.2, -0.15) is 0 Å². The van der Waals surface area contributed by atoms with Crippen molar-refractivity contribution in [1.82, 2.24) is 0 Å². The van der Waals surface area contributed by atoms with Crippen molar-refractivity contribution < 1.29 is 20.8 Å². The summed E-state index contributed by atoms with van der Waals surface area (Å²) >= 11 is 3.14. The topological polar surface area (TPSA) is 14.1 Å². The standard InChI is InChI=1S/C16H31BrNSi.CH3.2ClH.Zr/c1-11-10-13-12(8-7-9-14(13)17)15(11)19(5,6)18-16(2,3)4;;;;/h11-15H,7-10H2,1-6H3;1H3;2*1H;/q2*-1;;;+4/p-2. The molecule has 0 N–H and O–H groups in total. The first-order chi connectivity index (χ1) is 10.0. The SMILES string of the molecule is CC1CC2C(Br)CCCC2C1[Si](C)(C)[N-]C(C)(C)C.[CH3-].[Cl][Zr+2][Cl]. The van der Waals surface area contributed by atoms with Crippen LogP contribution < -0.4 is 0 Å². The van der Waals surface area contributed by atoms with Crippen molar-refractivity contribution in [1.29, 1.82) is 0 Å². The molecule has 0 heterocycles. The predicted molar refractivity (Wildman–Crippen MR) is 110 cm³/mol. The van der Waals surface area contributed by atoms with Crippen LogP contribution in [0.5, 0.6) is 0 Å². The number of halogens is 3. The monoisotopic (exact) mass is 519 g/mol. The Labute approximate surface area is 173 Å². The van der Waals surface area contributed by atoms with E-state index >= 15 is 0 Å². The quantitative estimate of drug-likeness (QED) is 0.200. The van der Waals surface area contributed by atoms with Gasteiger partial charge in [0.25, 0.3) is 0 Å². The van der Waals surface area contributed by atoms with Crippen molar-refractivity contribution in [2.45, 2.75) is 82.4 Å². The molecule has 0 aromatic heterocycles. The Kier molecular flexibility index (Phi) is 11.4. The van der Waals surface area contributed by atoms with Crippen LogP contribution in [0.15, 0.2) is 0 Å². The van der Waals surface area contributed by atoms with E-state index in [0.717, 1.165) is 28.1 Å². The molecule has 0 saturated heterocycles. The first kappa shape index (κ1) is 25.1. The summed E-state index contributed by atoms with van der Waals surface area (Å²) in [5, 5.41) is 0. The van der Waals surface area contributed by atoms with Crippen LogP contribution in [0, 0.1) is 25.2 Å². The zero-order valence-electron chi connectivity index (χ0n) is 15.8.